The van der Waals surface area contributed by atoms with Gasteiger partial charge in [-0.25, -0.2) is 23.3 Å². The first-order valence-corrected chi connectivity index (χ1v) is 10.9. The quantitative estimate of drug-likeness (QED) is 0.399. The van der Waals surface area contributed by atoms with Crippen molar-refractivity contribution in [1.82, 2.24) is 24.7 Å². The van der Waals surface area contributed by atoms with E-state index in [-0.39, 0.29) is 24.2 Å². The first-order chi connectivity index (χ1) is 15.6. The summed E-state index contributed by atoms with van der Waals surface area (Å²) in [4.78, 5) is 17.8. The third kappa shape index (κ3) is 5.25. The number of rotatable bonds is 8. The zero-order valence-corrected chi connectivity index (χ0v) is 17.7. The maximum Gasteiger partial charge on any atom is 0.232 e. The summed E-state index contributed by atoms with van der Waals surface area (Å²) in [6.07, 6.45) is 8.59. The average Bonchev–Trinajstić information content (AvgIpc) is 2.83. The van der Waals surface area contributed by atoms with Crippen LogP contribution in [0.5, 0.6) is 0 Å². The number of halogens is 1. The number of hydrogen-bond acceptors (Lipinski definition) is 5. The standard InChI is InChI=1S/C23H20FN5O2S/c24-19-7-5-16(6-8-19)22(23-27-12-9-20(29-23)15-28-32(30)31)21(17-3-1-10-25-13-17)18-4-2-11-26-14-18/h1-14,21-22,28H,15H2,(H,30,31). The zero-order chi connectivity index (χ0) is 22.3. The molecule has 3 aromatic heterocycles. The summed E-state index contributed by atoms with van der Waals surface area (Å²) in [5.74, 6) is -0.477. The van der Waals surface area contributed by atoms with Crippen LogP contribution >= 0.6 is 0 Å². The monoisotopic (exact) mass is 449 g/mol. The third-order valence-electron chi connectivity index (χ3n) is 5.04. The van der Waals surface area contributed by atoms with Crippen molar-refractivity contribution in [1.29, 1.82) is 0 Å². The van der Waals surface area contributed by atoms with Crippen LogP contribution in [0.15, 0.2) is 85.6 Å². The minimum atomic E-state index is -2.16. The van der Waals surface area contributed by atoms with Gasteiger partial charge in [0.05, 0.1) is 18.2 Å². The highest BCUT2D eigenvalue weighted by Gasteiger charge is 2.31. The summed E-state index contributed by atoms with van der Waals surface area (Å²) in [5.41, 5.74) is 3.23. The molecule has 0 spiro atoms. The zero-order valence-electron chi connectivity index (χ0n) is 16.9. The lowest BCUT2D eigenvalue weighted by Crippen LogP contribution is -2.20. The molecule has 0 saturated heterocycles. The van der Waals surface area contributed by atoms with Crippen LogP contribution in [-0.2, 0) is 17.8 Å². The van der Waals surface area contributed by atoms with Crippen LogP contribution in [0.4, 0.5) is 4.39 Å². The molecule has 4 aromatic rings. The van der Waals surface area contributed by atoms with Crippen molar-refractivity contribution in [3.63, 3.8) is 0 Å². The van der Waals surface area contributed by atoms with Crippen molar-refractivity contribution < 1.29 is 13.2 Å². The Morgan fingerprint density at radius 1 is 0.875 bits per heavy atom. The molecule has 3 heterocycles. The fraction of sp³-hybridized carbons (Fsp3) is 0.130. The van der Waals surface area contributed by atoms with Crippen molar-refractivity contribution in [2.24, 2.45) is 0 Å². The molecule has 0 aliphatic carbocycles. The van der Waals surface area contributed by atoms with E-state index in [1.54, 1.807) is 49.2 Å². The first-order valence-electron chi connectivity index (χ1n) is 9.83. The molecule has 0 radical (unpaired) electrons. The molecule has 2 unspecified atom stereocenters. The van der Waals surface area contributed by atoms with Crippen molar-refractivity contribution in [3.05, 3.63) is 120 Å². The predicted octanol–water partition coefficient (Wildman–Crippen LogP) is 3.60. The molecule has 7 nitrogen and oxygen atoms in total. The molecule has 0 bridgehead atoms. The molecular formula is C23H20FN5O2S. The largest absolute Gasteiger partial charge is 0.294 e. The Kier molecular flexibility index (Phi) is 7.00. The molecule has 2 atom stereocenters. The van der Waals surface area contributed by atoms with Crippen LogP contribution in [-0.4, -0.2) is 28.7 Å². The second-order valence-corrected chi connectivity index (χ2v) is 7.84. The highest BCUT2D eigenvalue weighted by molar-refractivity contribution is 7.77. The lowest BCUT2D eigenvalue weighted by atomic mass is 9.77. The molecule has 0 aliphatic rings. The van der Waals surface area contributed by atoms with Gasteiger partial charge in [0.25, 0.3) is 0 Å². The van der Waals surface area contributed by atoms with E-state index in [1.807, 2.05) is 24.3 Å². The number of aromatic nitrogens is 4. The second-order valence-electron chi connectivity index (χ2n) is 7.06. The number of nitrogens with one attached hydrogen (secondary N) is 1. The van der Waals surface area contributed by atoms with Gasteiger partial charge in [0.2, 0.25) is 11.3 Å². The molecule has 0 saturated carbocycles. The van der Waals surface area contributed by atoms with E-state index in [1.165, 1.54) is 12.1 Å². The van der Waals surface area contributed by atoms with E-state index < -0.39 is 11.3 Å². The highest BCUT2D eigenvalue weighted by atomic mass is 32.2. The number of pyridine rings is 2. The summed E-state index contributed by atoms with van der Waals surface area (Å²) in [5, 5.41) is 0. The summed E-state index contributed by atoms with van der Waals surface area (Å²) < 4.78 is 36.2. The maximum atomic E-state index is 13.7. The Balaban J connectivity index is 1.87. The van der Waals surface area contributed by atoms with Crippen LogP contribution in [0.1, 0.15) is 40.0 Å². The number of benzene rings is 1. The molecule has 162 valence electrons. The van der Waals surface area contributed by atoms with E-state index in [9.17, 15) is 8.60 Å². The van der Waals surface area contributed by atoms with Crippen LogP contribution in [0, 0.1) is 5.82 Å². The molecule has 1 aromatic carbocycles. The molecule has 9 heteroatoms. The van der Waals surface area contributed by atoms with Crippen LogP contribution < -0.4 is 4.72 Å². The van der Waals surface area contributed by atoms with Gasteiger partial charge in [0.1, 0.15) is 11.6 Å². The number of nitrogens with zero attached hydrogens (tertiary/aromatic N) is 4. The van der Waals surface area contributed by atoms with E-state index in [0.29, 0.717) is 11.5 Å². The molecule has 0 fully saturated rings. The van der Waals surface area contributed by atoms with Crippen LogP contribution in [0.3, 0.4) is 0 Å². The minimum Gasteiger partial charge on any atom is -0.294 e. The summed E-state index contributed by atoms with van der Waals surface area (Å²) in [6, 6.07) is 15.6. The summed E-state index contributed by atoms with van der Waals surface area (Å²) in [6.45, 7) is 0.0964. The Morgan fingerprint density at radius 2 is 1.53 bits per heavy atom. The summed E-state index contributed by atoms with van der Waals surface area (Å²) in [7, 11) is 0. The fourth-order valence-corrected chi connectivity index (χ4v) is 3.93. The van der Waals surface area contributed by atoms with Gasteiger partial charge in [-0.2, -0.15) is 0 Å². The molecule has 2 N–H and O–H groups in total. The summed E-state index contributed by atoms with van der Waals surface area (Å²) >= 11 is -2.16. The van der Waals surface area contributed by atoms with Gasteiger partial charge in [-0.05, 0) is 47.0 Å². The lowest BCUT2D eigenvalue weighted by Gasteiger charge is -2.27. The topological polar surface area (TPSA) is 101 Å². The Hall–Kier alpha value is -3.40. The maximum absolute atomic E-state index is 13.7. The van der Waals surface area contributed by atoms with Gasteiger partial charge >= 0.3 is 0 Å². The SMILES string of the molecule is O=S(O)NCc1ccnc(C(c2ccc(F)cc2)C(c2cccnc2)c2cccnc2)n1. The predicted molar refractivity (Wildman–Crippen MR) is 118 cm³/mol. The van der Waals surface area contributed by atoms with Crippen molar-refractivity contribution in [3.8, 4) is 0 Å². The molecule has 0 aliphatic heterocycles. The third-order valence-corrected chi connectivity index (χ3v) is 5.43. The molecular weight excluding hydrogens is 429 g/mol. The van der Waals surface area contributed by atoms with Gasteiger partial charge < -0.3 is 0 Å². The van der Waals surface area contributed by atoms with Gasteiger partial charge in [-0.1, -0.05) is 24.3 Å². The van der Waals surface area contributed by atoms with Gasteiger partial charge in [-0.3, -0.25) is 14.5 Å². The number of hydrogen-bond donors (Lipinski definition) is 2. The smallest absolute Gasteiger partial charge is 0.232 e. The van der Waals surface area contributed by atoms with Gasteiger partial charge in [0, 0.05) is 36.9 Å². The van der Waals surface area contributed by atoms with Crippen molar-refractivity contribution in [2.75, 3.05) is 0 Å². The van der Waals surface area contributed by atoms with Crippen LogP contribution in [0.2, 0.25) is 0 Å². The molecule has 4 rings (SSSR count). The van der Waals surface area contributed by atoms with E-state index in [2.05, 4.69) is 24.7 Å². The molecule has 0 amide bonds. The average molecular weight is 450 g/mol. The fourth-order valence-electron chi connectivity index (χ4n) is 3.65. The Bertz CT molecular complexity index is 1140. The van der Waals surface area contributed by atoms with E-state index in [0.717, 1.165) is 16.7 Å². The van der Waals surface area contributed by atoms with Crippen LogP contribution in [0.25, 0.3) is 0 Å². The Morgan fingerprint density at radius 3 is 2.09 bits per heavy atom. The van der Waals surface area contributed by atoms with Gasteiger partial charge in [0.15, 0.2) is 0 Å². The van der Waals surface area contributed by atoms with E-state index >= 15 is 0 Å². The highest BCUT2D eigenvalue weighted by Crippen LogP contribution is 2.41. The first kappa shape index (κ1) is 21.8. The normalized spacial score (nSPS) is 13.1. The minimum absolute atomic E-state index is 0.0964. The van der Waals surface area contributed by atoms with Crippen molar-refractivity contribution in [2.45, 2.75) is 18.4 Å². The van der Waals surface area contributed by atoms with E-state index in [4.69, 9.17) is 4.55 Å². The van der Waals surface area contributed by atoms with Crippen molar-refractivity contribution >= 4 is 11.3 Å². The lowest BCUT2D eigenvalue weighted by molar-refractivity contribution is 0.547. The van der Waals surface area contributed by atoms with Gasteiger partial charge in [-0.15, -0.1) is 0 Å². The molecule has 32 heavy (non-hydrogen) atoms. The second kappa shape index (κ2) is 10.3. The Labute approximate surface area is 187 Å².